The SMILES string of the molecule is O=C(O)/C=C/c1ccc2cc(N3CCCCC3)ccc2n1. The van der Waals surface area contributed by atoms with Crippen LogP contribution in [0.3, 0.4) is 0 Å². The molecule has 21 heavy (non-hydrogen) atoms. The summed E-state index contributed by atoms with van der Waals surface area (Å²) in [4.78, 5) is 17.4. The lowest BCUT2D eigenvalue weighted by Gasteiger charge is -2.28. The highest BCUT2D eigenvalue weighted by atomic mass is 16.4. The summed E-state index contributed by atoms with van der Waals surface area (Å²) < 4.78 is 0. The Hall–Kier alpha value is -2.36. The molecule has 0 radical (unpaired) electrons. The normalized spacial score (nSPS) is 15.7. The Morgan fingerprint density at radius 2 is 1.95 bits per heavy atom. The molecule has 0 spiro atoms. The first-order chi connectivity index (χ1) is 10.2. The van der Waals surface area contributed by atoms with Gasteiger partial charge in [-0.15, -0.1) is 0 Å². The first-order valence-electron chi connectivity index (χ1n) is 7.29. The van der Waals surface area contributed by atoms with E-state index in [1.165, 1.54) is 31.0 Å². The van der Waals surface area contributed by atoms with Crippen molar-refractivity contribution in [3.05, 3.63) is 42.1 Å². The number of carboxylic acid groups (broad SMARTS) is 1. The Kier molecular flexibility index (Phi) is 3.86. The molecule has 2 aromatic rings. The second-order valence-electron chi connectivity index (χ2n) is 5.33. The van der Waals surface area contributed by atoms with Crippen LogP contribution in [0.25, 0.3) is 17.0 Å². The molecule has 0 atom stereocenters. The molecule has 0 aliphatic carbocycles. The zero-order valence-corrected chi connectivity index (χ0v) is 11.8. The minimum Gasteiger partial charge on any atom is -0.478 e. The molecule has 1 aromatic heterocycles. The van der Waals surface area contributed by atoms with E-state index < -0.39 is 5.97 Å². The second-order valence-corrected chi connectivity index (χ2v) is 5.33. The van der Waals surface area contributed by atoms with Gasteiger partial charge in [-0.2, -0.15) is 0 Å². The van der Waals surface area contributed by atoms with Crippen molar-refractivity contribution in [3.63, 3.8) is 0 Å². The molecule has 1 fully saturated rings. The van der Waals surface area contributed by atoms with Gasteiger partial charge in [0.2, 0.25) is 0 Å². The van der Waals surface area contributed by atoms with E-state index in [0.717, 1.165) is 30.1 Å². The average molecular weight is 282 g/mol. The van der Waals surface area contributed by atoms with Crippen LogP contribution in [-0.4, -0.2) is 29.1 Å². The Balaban J connectivity index is 1.88. The van der Waals surface area contributed by atoms with E-state index in [0.29, 0.717) is 5.69 Å². The van der Waals surface area contributed by atoms with Gasteiger partial charge in [0, 0.05) is 30.2 Å². The molecule has 1 aliphatic rings. The quantitative estimate of drug-likeness (QED) is 0.877. The van der Waals surface area contributed by atoms with Crippen LogP contribution < -0.4 is 4.90 Å². The molecule has 0 unspecified atom stereocenters. The van der Waals surface area contributed by atoms with Gasteiger partial charge in [0.1, 0.15) is 0 Å². The van der Waals surface area contributed by atoms with Crippen LogP contribution in [-0.2, 0) is 4.79 Å². The van der Waals surface area contributed by atoms with Crippen molar-refractivity contribution in [1.82, 2.24) is 4.98 Å². The van der Waals surface area contributed by atoms with Gasteiger partial charge >= 0.3 is 5.97 Å². The van der Waals surface area contributed by atoms with Crippen LogP contribution >= 0.6 is 0 Å². The van der Waals surface area contributed by atoms with Gasteiger partial charge in [0.15, 0.2) is 0 Å². The van der Waals surface area contributed by atoms with Crippen molar-refractivity contribution in [2.75, 3.05) is 18.0 Å². The highest BCUT2D eigenvalue weighted by Gasteiger charge is 2.11. The van der Waals surface area contributed by atoms with Gasteiger partial charge in [-0.1, -0.05) is 6.07 Å². The number of aliphatic carboxylic acids is 1. The highest BCUT2D eigenvalue weighted by molar-refractivity contribution is 5.87. The van der Waals surface area contributed by atoms with Crippen molar-refractivity contribution in [1.29, 1.82) is 0 Å². The maximum Gasteiger partial charge on any atom is 0.328 e. The minimum absolute atomic E-state index is 0.663. The second kappa shape index (κ2) is 5.95. The van der Waals surface area contributed by atoms with Crippen LogP contribution in [0.5, 0.6) is 0 Å². The monoisotopic (exact) mass is 282 g/mol. The predicted octanol–water partition coefficient (Wildman–Crippen LogP) is 3.32. The Bertz CT molecular complexity index is 688. The third-order valence-electron chi connectivity index (χ3n) is 3.81. The average Bonchev–Trinajstić information content (AvgIpc) is 2.53. The number of fused-ring (bicyclic) bond motifs is 1. The van der Waals surface area contributed by atoms with Crippen LogP contribution in [0.15, 0.2) is 36.4 Å². The van der Waals surface area contributed by atoms with E-state index in [1.807, 2.05) is 18.2 Å². The fraction of sp³-hybridized carbons (Fsp3) is 0.294. The number of hydrogen-bond acceptors (Lipinski definition) is 3. The molecule has 4 heteroatoms. The third-order valence-corrected chi connectivity index (χ3v) is 3.81. The molecule has 4 nitrogen and oxygen atoms in total. The topological polar surface area (TPSA) is 53.4 Å². The van der Waals surface area contributed by atoms with E-state index in [1.54, 1.807) is 0 Å². The van der Waals surface area contributed by atoms with E-state index in [4.69, 9.17) is 5.11 Å². The third kappa shape index (κ3) is 3.21. The van der Waals surface area contributed by atoms with E-state index in [9.17, 15) is 4.79 Å². The molecule has 1 N–H and O–H groups in total. The Morgan fingerprint density at radius 3 is 2.71 bits per heavy atom. The first kappa shape index (κ1) is 13.6. The highest BCUT2D eigenvalue weighted by Crippen LogP contribution is 2.24. The fourth-order valence-electron chi connectivity index (χ4n) is 2.73. The summed E-state index contributed by atoms with van der Waals surface area (Å²) in [6.07, 6.45) is 6.46. The summed E-state index contributed by atoms with van der Waals surface area (Å²) in [7, 11) is 0. The van der Waals surface area contributed by atoms with Crippen LogP contribution in [0.2, 0.25) is 0 Å². The van der Waals surface area contributed by atoms with Gasteiger partial charge in [-0.05, 0) is 49.6 Å². The summed E-state index contributed by atoms with van der Waals surface area (Å²) in [5.41, 5.74) is 2.80. The van der Waals surface area contributed by atoms with Crippen LogP contribution in [0.4, 0.5) is 5.69 Å². The standard InChI is InChI=1S/C17H18N2O2/c20-17(21)9-6-14-5-4-13-12-15(7-8-16(13)18-14)19-10-2-1-3-11-19/h4-9,12H,1-3,10-11H2,(H,20,21)/b9-6+. The first-order valence-corrected chi connectivity index (χ1v) is 7.29. The largest absolute Gasteiger partial charge is 0.478 e. The van der Waals surface area contributed by atoms with E-state index in [-0.39, 0.29) is 0 Å². The van der Waals surface area contributed by atoms with Crippen molar-refractivity contribution < 1.29 is 9.90 Å². The molecular weight excluding hydrogens is 264 g/mol. The molecule has 1 aromatic carbocycles. The van der Waals surface area contributed by atoms with Gasteiger partial charge < -0.3 is 10.0 Å². The lowest BCUT2D eigenvalue weighted by Crippen LogP contribution is -2.29. The minimum atomic E-state index is -0.961. The number of carboxylic acids is 1. The number of benzene rings is 1. The zero-order chi connectivity index (χ0) is 14.7. The molecule has 1 saturated heterocycles. The number of nitrogens with zero attached hydrogens (tertiary/aromatic N) is 2. The lowest BCUT2D eigenvalue weighted by molar-refractivity contribution is -0.131. The molecule has 0 saturated carbocycles. The molecule has 1 aliphatic heterocycles. The van der Waals surface area contributed by atoms with E-state index in [2.05, 4.69) is 22.0 Å². The van der Waals surface area contributed by atoms with Crippen molar-refractivity contribution in [3.8, 4) is 0 Å². The number of aromatic nitrogens is 1. The number of rotatable bonds is 3. The van der Waals surface area contributed by atoms with Crippen LogP contribution in [0, 0.1) is 0 Å². The number of pyridine rings is 1. The van der Waals surface area contributed by atoms with Gasteiger partial charge in [-0.3, -0.25) is 0 Å². The lowest BCUT2D eigenvalue weighted by atomic mass is 10.1. The summed E-state index contributed by atoms with van der Waals surface area (Å²) in [6.45, 7) is 2.25. The summed E-state index contributed by atoms with van der Waals surface area (Å²) in [5, 5.41) is 9.74. The van der Waals surface area contributed by atoms with Gasteiger partial charge in [0.25, 0.3) is 0 Å². The molecule has 0 amide bonds. The summed E-state index contributed by atoms with van der Waals surface area (Å²) in [6, 6.07) is 10.1. The maximum atomic E-state index is 10.5. The van der Waals surface area contributed by atoms with Gasteiger partial charge in [-0.25, -0.2) is 9.78 Å². The number of carbonyl (C=O) groups is 1. The Labute approximate surface area is 123 Å². The molecule has 0 bridgehead atoms. The number of hydrogen-bond donors (Lipinski definition) is 1. The van der Waals surface area contributed by atoms with Crippen LogP contribution in [0.1, 0.15) is 25.0 Å². The van der Waals surface area contributed by atoms with Crippen molar-refractivity contribution in [2.24, 2.45) is 0 Å². The van der Waals surface area contributed by atoms with Crippen molar-refractivity contribution >= 4 is 28.6 Å². The maximum absolute atomic E-state index is 10.5. The smallest absolute Gasteiger partial charge is 0.328 e. The fourth-order valence-corrected chi connectivity index (χ4v) is 2.73. The summed E-state index contributed by atoms with van der Waals surface area (Å²) >= 11 is 0. The molecule has 2 heterocycles. The number of anilines is 1. The van der Waals surface area contributed by atoms with Gasteiger partial charge in [0.05, 0.1) is 11.2 Å². The molecule has 3 rings (SSSR count). The zero-order valence-electron chi connectivity index (χ0n) is 11.8. The van der Waals surface area contributed by atoms with E-state index >= 15 is 0 Å². The number of piperidine rings is 1. The molecular formula is C17H18N2O2. The molecule has 108 valence electrons. The summed E-state index contributed by atoms with van der Waals surface area (Å²) in [5.74, 6) is -0.961. The van der Waals surface area contributed by atoms with Crippen molar-refractivity contribution in [2.45, 2.75) is 19.3 Å². The predicted molar refractivity (Wildman–Crippen MR) is 84.5 cm³/mol. The Morgan fingerprint density at radius 1 is 1.14 bits per heavy atom.